The number of hydrogen-bond acceptors (Lipinski definition) is 2. The van der Waals surface area contributed by atoms with Gasteiger partial charge in [-0.25, -0.2) is 9.37 Å². The largest absolute Gasteiger partial charge is 0.322 e. The summed E-state index contributed by atoms with van der Waals surface area (Å²) in [4.78, 5) is 15.5. The molecule has 5 heteroatoms. The molecule has 1 heterocycles. The molecule has 1 aromatic carbocycles. The number of pyridine rings is 1. The second-order valence-electron chi connectivity index (χ2n) is 3.33. The van der Waals surface area contributed by atoms with Gasteiger partial charge in [-0.3, -0.25) is 4.79 Å². The second-order valence-corrected chi connectivity index (χ2v) is 3.72. The van der Waals surface area contributed by atoms with E-state index in [1.54, 1.807) is 12.1 Å². The molecule has 0 fully saturated rings. The van der Waals surface area contributed by atoms with Gasteiger partial charge in [0.05, 0.1) is 5.56 Å². The van der Waals surface area contributed by atoms with E-state index in [2.05, 4.69) is 10.3 Å². The fraction of sp³-hybridized carbons (Fsp3) is 0. The summed E-state index contributed by atoms with van der Waals surface area (Å²) in [5, 5.41) is 2.87. The molecule has 0 radical (unpaired) electrons. The number of amides is 1. The number of anilines is 1. The standard InChI is InChI=1S/C12H8ClFN2O/c13-11-5-4-8(7-15-11)12(17)16-10-3-1-2-9(14)6-10/h1-7H,(H,16,17). The van der Waals surface area contributed by atoms with Crippen LogP contribution in [0.5, 0.6) is 0 Å². The Morgan fingerprint density at radius 3 is 2.76 bits per heavy atom. The normalized spacial score (nSPS) is 10.0. The number of carbonyl (C=O) groups is 1. The van der Waals surface area contributed by atoms with Crippen LogP contribution in [0.4, 0.5) is 10.1 Å². The molecule has 86 valence electrons. The van der Waals surface area contributed by atoms with Crippen LogP contribution in [0.1, 0.15) is 10.4 Å². The SMILES string of the molecule is O=C(Nc1cccc(F)c1)c1ccc(Cl)nc1. The van der Waals surface area contributed by atoms with Gasteiger partial charge in [-0.15, -0.1) is 0 Å². The van der Waals surface area contributed by atoms with E-state index in [4.69, 9.17) is 11.6 Å². The lowest BCUT2D eigenvalue weighted by Crippen LogP contribution is -2.12. The van der Waals surface area contributed by atoms with E-state index in [1.165, 1.54) is 30.5 Å². The van der Waals surface area contributed by atoms with E-state index in [0.29, 0.717) is 16.4 Å². The average molecular weight is 251 g/mol. The number of aromatic nitrogens is 1. The zero-order valence-electron chi connectivity index (χ0n) is 8.65. The first-order valence-electron chi connectivity index (χ1n) is 4.83. The van der Waals surface area contributed by atoms with Crippen molar-refractivity contribution in [3.05, 3.63) is 59.1 Å². The highest BCUT2D eigenvalue weighted by Gasteiger charge is 2.06. The van der Waals surface area contributed by atoms with Crippen molar-refractivity contribution < 1.29 is 9.18 Å². The zero-order valence-corrected chi connectivity index (χ0v) is 9.41. The summed E-state index contributed by atoms with van der Waals surface area (Å²) in [5.74, 6) is -0.767. The van der Waals surface area contributed by atoms with Crippen LogP contribution in [-0.4, -0.2) is 10.9 Å². The van der Waals surface area contributed by atoms with E-state index in [1.807, 2.05) is 0 Å². The molecule has 0 aliphatic rings. The molecule has 0 unspecified atom stereocenters. The third kappa shape index (κ3) is 3.01. The maximum atomic E-state index is 12.9. The molecule has 0 saturated carbocycles. The van der Waals surface area contributed by atoms with Crippen LogP contribution in [0, 0.1) is 5.82 Å². The van der Waals surface area contributed by atoms with Crippen molar-refractivity contribution in [3.63, 3.8) is 0 Å². The number of hydrogen-bond donors (Lipinski definition) is 1. The number of nitrogens with zero attached hydrogens (tertiary/aromatic N) is 1. The van der Waals surface area contributed by atoms with Gasteiger partial charge in [0.2, 0.25) is 0 Å². The maximum Gasteiger partial charge on any atom is 0.257 e. The minimum Gasteiger partial charge on any atom is -0.322 e. The van der Waals surface area contributed by atoms with Crippen molar-refractivity contribution in [2.24, 2.45) is 0 Å². The Morgan fingerprint density at radius 2 is 2.12 bits per heavy atom. The average Bonchev–Trinajstić information content (AvgIpc) is 2.29. The van der Waals surface area contributed by atoms with Gasteiger partial charge in [-0.1, -0.05) is 17.7 Å². The highest BCUT2D eigenvalue weighted by Crippen LogP contribution is 2.11. The summed E-state index contributed by atoms with van der Waals surface area (Å²) >= 11 is 5.60. The Morgan fingerprint density at radius 1 is 1.29 bits per heavy atom. The van der Waals surface area contributed by atoms with Gasteiger partial charge in [0.25, 0.3) is 5.91 Å². The molecule has 0 atom stereocenters. The van der Waals surface area contributed by atoms with Crippen LogP contribution in [0.2, 0.25) is 5.15 Å². The minimum atomic E-state index is -0.406. The molecule has 0 aliphatic heterocycles. The lowest BCUT2D eigenvalue weighted by molar-refractivity contribution is 0.102. The Hall–Kier alpha value is -1.94. The number of carbonyl (C=O) groups excluding carboxylic acids is 1. The van der Waals surface area contributed by atoms with E-state index >= 15 is 0 Å². The minimum absolute atomic E-state index is 0.312. The smallest absolute Gasteiger partial charge is 0.257 e. The molecule has 1 aromatic heterocycles. The van der Waals surface area contributed by atoms with Crippen LogP contribution < -0.4 is 5.32 Å². The quantitative estimate of drug-likeness (QED) is 0.832. The highest BCUT2D eigenvalue weighted by molar-refractivity contribution is 6.29. The first-order valence-corrected chi connectivity index (χ1v) is 5.21. The fourth-order valence-electron chi connectivity index (χ4n) is 1.28. The Balaban J connectivity index is 2.14. The molecular formula is C12H8ClFN2O. The van der Waals surface area contributed by atoms with Gasteiger partial charge in [0.1, 0.15) is 11.0 Å². The van der Waals surface area contributed by atoms with Crippen LogP contribution in [-0.2, 0) is 0 Å². The summed E-state index contributed by atoms with van der Waals surface area (Å²) in [6.45, 7) is 0. The van der Waals surface area contributed by atoms with Crippen molar-refractivity contribution in [1.29, 1.82) is 0 Å². The van der Waals surface area contributed by atoms with Gasteiger partial charge in [-0.2, -0.15) is 0 Å². The molecule has 3 nitrogen and oxygen atoms in total. The molecule has 17 heavy (non-hydrogen) atoms. The zero-order chi connectivity index (χ0) is 12.3. The van der Waals surface area contributed by atoms with Crippen LogP contribution in [0.15, 0.2) is 42.6 Å². The molecule has 1 amide bonds. The van der Waals surface area contributed by atoms with Crippen molar-refractivity contribution in [1.82, 2.24) is 4.98 Å². The first kappa shape index (κ1) is 11.5. The third-order valence-corrected chi connectivity index (χ3v) is 2.30. The van der Waals surface area contributed by atoms with Crippen LogP contribution >= 0.6 is 11.6 Å². The summed E-state index contributed by atoms with van der Waals surface area (Å²) < 4.78 is 12.9. The van der Waals surface area contributed by atoms with E-state index in [9.17, 15) is 9.18 Å². The van der Waals surface area contributed by atoms with Gasteiger partial charge >= 0.3 is 0 Å². The molecular weight excluding hydrogens is 243 g/mol. The van der Waals surface area contributed by atoms with Gasteiger partial charge in [-0.05, 0) is 30.3 Å². The number of nitrogens with one attached hydrogen (secondary N) is 1. The Labute approximate surface area is 102 Å². The summed E-state index contributed by atoms with van der Waals surface area (Å²) in [6.07, 6.45) is 1.36. The Bertz CT molecular complexity index is 542. The molecule has 1 N–H and O–H groups in total. The molecule has 0 saturated heterocycles. The van der Waals surface area contributed by atoms with Gasteiger partial charge < -0.3 is 5.32 Å². The number of rotatable bonds is 2. The lowest BCUT2D eigenvalue weighted by Gasteiger charge is -2.04. The van der Waals surface area contributed by atoms with Crippen molar-refractivity contribution in [2.75, 3.05) is 5.32 Å². The summed E-state index contributed by atoms with van der Waals surface area (Å²) in [6, 6.07) is 8.72. The number of halogens is 2. The van der Waals surface area contributed by atoms with Gasteiger partial charge in [0, 0.05) is 11.9 Å². The molecule has 0 bridgehead atoms. The van der Waals surface area contributed by atoms with Gasteiger partial charge in [0.15, 0.2) is 0 Å². The molecule has 2 aromatic rings. The molecule has 0 spiro atoms. The maximum absolute atomic E-state index is 12.9. The van der Waals surface area contributed by atoms with Crippen molar-refractivity contribution in [3.8, 4) is 0 Å². The molecule has 2 rings (SSSR count). The highest BCUT2D eigenvalue weighted by atomic mass is 35.5. The first-order chi connectivity index (χ1) is 8.15. The van der Waals surface area contributed by atoms with Crippen molar-refractivity contribution in [2.45, 2.75) is 0 Å². The second kappa shape index (κ2) is 4.93. The van der Waals surface area contributed by atoms with Crippen LogP contribution in [0.25, 0.3) is 0 Å². The van der Waals surface area contributed by atoms with Crippen molar-refractivity contribution >= 4 is 23.2 Å². The monoisotopic (exact) mass is 250 g/mol. The predicted molar refractivity (Wildman–Crippen MR) is 63.6 cm³/mol. The number of benzene rings is 1. The summed E-state index contributed by atoms with van der Waals surface area (Å²) in [7, 11) is 0. The predicted octanol–water partition coefficient (Wildman–Crippen LogP) is 3.13. The molecule has 0 aliphatic carbocycles. The van der Waals surface area contributed by atoms with Crippen LogP contribution in [0.3, 0.4) is 0 Å². The summed E-state index contributed by atoms with van der Waals surface area (Å²) in [5.41, 5.74) is 0.753. The third-order valence-electron chi connectivity index (χ3n) is 2.07. The van der Waals surface area contributed by atoms with E-state index < -0.39 is 5.82 Å². The fourth-order valence-corrected chi connectivity index (χ4v) is 1.39. The topological polar surface area (TPSA) is 42.0 Å². The lowest BCUT2D eigenvalue weighted by atomic mass is 10.2. The van der Waals surface area contributed by atoms with E-state index in [-0.39, 0.29) is 5.91 Å². The van der Waals surface area contributed by atoms with E-state index in [0.717, 1.165) is 0 Å². The Kier molecular flexibility index (Phi) is 3.35.